The van der Waals surface area contributed by atoms with E-state index in [4.69, 9.17) is 33.5 Å². The van der Waals surface area contributed by atoms with Crippen LogP contribution >= 0.6 is 0 Å². The molecule has 6 aromatic rings. The number of aromatic nitrogens is 2. The number of aliphatic imine (C=N–C) groups is 4. The average molecular weight is 697 g/mol. The van der Waals surface area contributed by atoms with Crippen LogP contribution in [0.2, 0.25) is 0 Å². The molecule has 0 amide bonds. The Labute approximate surface area is 286 Å². The van der Waals surface area contributed by atoms with E-state index in [9.17, 15) is 4.79 Å². The van der Waals surface area contributed by atoms with Gasteiger partial charge in [0, 0.05) is 0 Å². The molecular weight excluding hydrogens is 670 g/mol. The van der Waals surface area contributed by atoms with Crippen molar-refractivity contribution in [1.82, 2.24) is 6.55 Å². The molecular formula is C38H27GaN8O2. The first-order valence-electron chi connectivity index (χ1n) is 16.3. The molecule has 0 aliphatic carbocycles. The van der Waals surface area contributed by atoms with Gasteiger partial charge in [0.15, 0.2) is 0 Å². The van der Waals surface area contributed by atoms with Gasteiger partial charge in [-0.05, 0) is 0 Å². The first-order chi connectivity index (χ1) is 23.8. The van der Waals surface area contributed by atoms with Crippen molar-refractivity contribution in [3.8, 4) is 0 Å². The monoisotopic (exact) mass is 696 g/mol. The summed E-state index contributed by atoms with van der Waals surface area (Å²) in [5.74, 6) is 3.17. The Hall–Kier alpha value is -5.65. The summed E-state index contributed by atoms with van der Waals surface area (Å²) in [6.07, 6.45) is 0.235. The molecule has 0 saturated heterocycles. The summed E-state index contributed by atoms with van der Waals surface area (Å²) in [6, 6.07) is 32.2. The summed E-state index contributed by atoms with van der Waals surface area (Å²) in [4.78, 5) is 45.4. The number of nitrogens with zero attached hydrogens (tertiary/aromatic N) is 8. The molecule has 6 bridgehead atoms. The van der Waals surface area contributed by atoms with E-state index in [2.05, 4.69) is 6.55 Å². The Balaban J connectivity index is 1.45. The van der Waals surface area contributed by atoms with Crippen LogP contribution in [0, 0.1) is 5.41 Å². The van der Waals surface area contributed by atoms with Gasteiger partial charge in [0.1, 0.15) is 0 Å². The van der Waals surface area contributed by atoms with Crippen molar-refractivity contribution >= 4 is 79.6 Å². The fourth-order valence-corrected chi connectivity index (χ4v) is 12.1. The molecule has 0 fully saturated rings. The summed E-state index contributed by atoms with van der Waals surface area (Å²) < 4.78 is 11.0. The van der Waals surface area contributed by atoms with Gasteiger partial charge in [0.2, 0.25) is 0 Å². The van der Waals surface area contributed by atoms with Crippen molar-refractivity contribution in [1.29, 1.82) is 0 Å². The fourth-order valence-electron chi connectivity index (χ4n) is 7.08. The summed E-state index contributed by atoms with van der Waals surface area (Å²) >= 11 is -3.95. The zero-order valence-electron chi connectivity index (χ0n) is 26.9. The molecule has 4 aliphatic heterocycles. The fraction of sp³-hybridized carbons (Fsp3) is 0.132. The minimum absolute atomic E-state index is 0.235. The van der Waals surface area contributed by atoms with E-state index in [0.717, 1.165) is 43.8 Å². The van der Waals surface area contributed by atoms with Crippen LogP contribution in [0.3, 0.4) is 0 Å². The van der Waals surface area contributed by atoms with E-state index in [1.807, 2.05) is 118 Å². The number of hydrogen-bond acceptors (Lipinski definition) is 8. The van der Waals surface area contributed by atoms with E-state index in [-0.39, 0.29) is 17.8 Å². The van der Waals surface area contributed by atoms with Crippen molar-refractivity contribution in [3.63, 3.8) is 0 Å². The molecule has 2 aromatic heterocycles. The number of carbonyl (C=O) groups excluding carboxylic acids is 1. The van der Waals surface area contributed by atoms with E-state index < -0.39 is 17.1 Å². The standard InChI is InChI=1S/C32H16N8.C6H12O2.Ga/c1-2-10-18-17(9-1)25-33-26(18)38-28-21-13-5-6-14-22(21)30(35-28)40-32-24-16-8-7-15-23(24)31(36-32)39-29-20-12-4-3-11-19(20)27(34-29)37-25;1-6(2,3)4-5(7)8;/h1-16H;4H2,1-3H3,(H,7,8);/q-2;;+3/p-1. The second-order valence-corrected chi connectivity index (χ2v) is 17.8. The van der Waals surface area contributed by atoms with Crippen LogP contribution in [0.25, 0.3) is 21.5 Å². The normalized spacial score (nSPS) is 15.4. The van der Waals surface area contributed by atoms with E-state index >= 15 is 0 Å². The maximum absolute atomic E-state index is 14.1. The first kappa shape index (κ1) is 28.4. The third-order valence-corrected chi connectivity index (χ3v) is 14.1. The van der Waals surface area contributed by atoms with Crippen molar-refractivity contribution in [2.24, 2.45) is 35.4 Å². The Morgan fingerprint density at radius 1 is 0.551 bits per heavy atom. The van der Waals surface area contributed by atoms with E-state index in [1.165, 1.54) is 0 Å². The predicted molar refractivity (Wildman–Crippen MR) is 191 cm³/mol. The third kappa shape index (κ3) is 4.25. The van der Waals surface area contributed by atoms with Gasteiger partial charge in [-0.2, -0.15) is 0 Å². The van der Waals surface area contributed by atoms with Gasteiger partial charge in [0.25, 0.3) is 0 Å². The van der Waals surface area contributed by atoms with E-state index in [1.54, 1.807) is 0 Å². The molecule has 0 spiro atoms. The Bertz CT molecular complexity index is 2580. The molecule has 0 saturated carbocycles. The third-order valence-electron chi connectivity index (χ3n) is 9.17. The van der Waals surface area contributed by atoms with Crippen LogP contribution < -0.4 is 11.0 Å². The van der Waals surface area contributed by atoms with Crippen molar-refractivity contribution < 1.29 is 8.32 Å². The van der Waals surface area contributed by atoms with Crippen molar-refractivity contribution in [2.75, 3.05) is 0 Å². The Kier molecular flexibility index (Phi) is 5.89. The minimum atomic E-state index is -3.95. The van der Waals surface area contributed by atoms with Crippen LogP contribution in [0.15, 0.2) is 127 Å². The van der Waals surface area contributed by atoms with Crippen LogP contribution in [0.4, 0.5) is 11.6 Å². The summed E-state index contributed by atoms with van der Waals surface area (Å²) in [5, 5.41) is 3.51. The maximum atomic E-state index is 14.1. The van der Waals surface area contributed by atoms with Gasteiger partial charge in [-0.15, -0.1) is 0 Å². The number of benzene rings is 4. The Morgan fingerprint density at radius 2 is 0.939 bits per heavy atom. The number of fused-ring (bicyclic) bond motifs is 14. The zero-order chi connectivity index (χ0) is 33.0. The van der Waals surface area contributed by atoms with Gasteiger partial charge < -0.3 is 0 Å². The van der Waals surface area contributed by atoms with Crippen LogP contribution in [0.1, 0.15) is 49.4 Å². The molecule has 10 rings (SSSR count). The number of carbonyl (C=O) groups is 1. The SMILES string of the molecule is CC(C)(C)CC(=O)[O][Ga]1[n]2c3c4ccccc4c2N=C2N=C(N=c4c5ccccc5c([n]41)=NC1=NC(=N3)c3ccccc31)c1ccccc12. The second-order valence-electron chi connectivity index (χ2n) is 13.7. The second kappa shape index (κ2) is 10.2. The van der Waals surface area contributed by atoms with Crippen LogP contribution in [-0.2, 0) is 8.32 Å². The van der Waals surface area contributed by atoms with Gasteiger partial charge in [-0.25, -0.2) is 0 Å². The molecule has 0 atom stereocenters. The molecule has 0 N–H and O–H groups in total. The molecule has 4 aromatic carbocycles. The van der Waals surface area contributed by atoms with Crippen molar-refractivity contribution in [3.05, 3.63) is 130 Å². The quantitative estimate of drug-likeness (QED) is 0.210. The number of hydrogen-bond donors (Lipinski definition) is 0. The van der Waals surface area contributed by atoms with Gasteiger partial charge >= 0.3 is 287 Å². The number of rotatable bonds is 2. The first-order valence-corrected chi connectivity index (χ1v) is 19.4. The van der Waals surface area contributed by atoms with Gasteiger partial charge in [-0.1, -0.05) is 0 Å². The van der Waals surface area contributed by atoms with Crippen molar-refractivity contribution in [2.45, 2.75) is 27.2 Å². The van der Waals surface area contributed by atoms with Gasteiger partial charge in [0.05, 0.1) is 0 Å². The summed E-state index contributed by atoms with van der Waals surface area (Å²) in [7, 11) is 0. The molecule has 0 unspecified atom stereocenters. The van der Waals surface area contributed by atoms with E-state index in [0.29, 0.717) is 46.0 Å². The van der Waals surface area contributed by atoms with Gasteiger partial charge in [-0.3, -0.25) is 0 Å². The molecule has 10 nitrogen and oxygen atoms in total. The summed E-state index contributed by atoms with van der Waals surface area (Å²) in [5.41, 5.74) is 4.51. The molecule has 4 aliphatic rings. The summed E-state index contributed by atoms with van der Waals surface area (Å²) in [6.45, 7) is 6.12. The number of amidine groups is 4. The topological polar surface area (TPSA) is 110 Å². The van der Waals surface area contributed by atoms with Crippen LogP contribution in [0.5, 0.6) is 0 Å². The molecule has 234 valence electrons. The molecule has 11 heteroatoms. The zero-order valence-corrected chi connectivity index (χ0v) is 29.3. The Morgan fingerprint density at radius 3 is 1.37 bits per heavy atom. The molecule has 6 heterocycles. The average Bonchev–Trinajstić information content (AvgIpc) is 3.80. The van der Waals surface area contributed by atoms with Crippen LogP contribution in [-0.4, -0.2) is 52.9 Å². The predicted octanol–water partition coefficient (Wildman–Crippen LogP) is 5.90. The molecule has 0 radical (unpaired) electrons. The molecule has 49 heavy (non-hydrogen) atoms.